The zero-order valence-electron chi connectivity index (χ0n) is 26.3. The van der Waals surface area contributed by atoms with Crippen molar-refractivity contribution in [3.05, 3.63) is 80.9 Å². The largest absolute Gasteiger partial charge is 0.444 e. The van der Waals surface area contributed by atoms with Crippen molar-refractivity contribution >= 4 is 30.7 Å². The number of carbonyl (C=O) groups is 1. The number of fused-ring (bicyclic) bond motifs is 2. The third-order valence-corrected chi connectivity index (χ3v) is 8.95. The number of nitrogens with one attached hydrogen (secondary N) is 1. The topological polar surface area (TPSA) is 41.6 Å². The number of nitrogens with zero attached hydrogens (tertiary/aromatic N) is 1. The lowest BCUT2D eigenvalue weighted by Gasteiger charge is -2.34. The van der Waals surface area contributed by atoms with Gasteiger partial charge >= 0.3 is 18.4 Å². The molecule has 11 heteroatoms. The fourth-order valence-corrected chi connectivity index (χ4v) is 6.55. The van der Waals surface area contributed by atoms with E-state index in [1.54, 1.807) is 17.0 Å². The molecule has 0 atom stereocenters. The van der Waals surface area contributed by atoms with Gasteiger partial charge < -0.3 is 15.0 Å². The number of likely N-dealkylation sites (tertiary alicyclic amines) is 1. The molecule has 2 aliphatic heterocycles. The van der Waals surface area contributed by atoms with Crippen LogP contribution in [0.15, 0.2) is 47.5 Å². The predicted octanol–water partition coefficient (Wildman–Crippen LogP) is 9.36. The van der Waals surface area contributed by atoms with Gasteiger partial charge in [0.25, 0.3) is 0 Å². The molecule has 2 aliphatic carbocycles. The molecule has 6 rings (SSSR count). The van der Waals surface area contributed by atoms with Crippen LogP contribution in [0.25, 0.3) is 12.2 Å². The van der Waals surface area contributed by atoms with E-state index in [-0.39, 0.29) is 18.5 Å². The monoisotopic (exact) mass is 670 g/mol. The minimum Gasteiger partial charge on any atom is -0.444 e. The molecule has 0 unspecified atom stereocenters. The van der Waals surface area contributed by atoms with Crippen LogP contribution in [0.4, 0.5) is 31.1 Å². The van der Waals surface area contributed by atoms with Gasteiger partial charge in [0.15, 0.2) is 0 Å². The van der Waals surface area contributed by atoms with Gasteiger partial charge in [0, 0.05) is 13.1 Å². The standard InChI is InChI=1S/C20H24F3NO2.C15H16F3N.ClH/c1-19(2,3)26-18(25)24-8-6-13(7-9-24)15-10-14-4-5-17(20(21,22)23)12-16(14)11-15;16-15(17,18)14-2-1-11-7-12(8-13(11)9-14)10-3-5-19-6-4-10;/h4-5,11-13H,6-10H2,1-3H3;1-2,8-10,19H,3-7H2;1H. The van der Waals surface area contributed by atoms with Crippen molar-refractivity contribution in [2.45, 2.75) is 77.2 Å². The van der Waals surface area contributed by atoms with Crippen molar-refractivity contribution in [3.8, 4) is 0 Å². The fourth-order valence-electron chi connectivity index (χ4n) is 6.55. The quantitative estimate of drug-likeness (QED) is 0.324. The summed E-state index contributed by atoms with van der Waals surface area (Å²) in [4.78, 5) is 13.8. The summed E-state index contributed by atoms with van der Waals surface area (Å²) in [6.07, 6.45) is 0.329. The van der Waals surface area contributed by atoms with Crippen molar-refractivity contribution in [2.75, 3.05) is 26.2 Å². The summed E-state index contributed by atoms with van der Waals surface area (Å²) >= 11 is 0. The molecule has 4 nitrogen and oxygen atoms in total. The van der Waals surface area contributed by atoms with Crippen molar-refractivity contribution in [2.24, 2.45) is 11.8 Å². The molecule has 0 saturated carbocycles. The van der Waals surface area contributed by atoms with E-state index in [1.807, 2.05) is 32.9 Å². The maximum Gasteiger partial charge on any atom is 0.416 e. The second-order valence-corrected chi connectivity index (χ2v) is 13.4. The Labute approximate surface area is 272 Å². The highest BCUT2D eigenvalue weighted by Crippen LogP contribution is 2.39. The molecule has 1 amide bonds. The van der Waals surface area contributed by atoms with Gasteiger partial charge in [0.2, 0.25) is 0 Å². The molecule has 0 radical (unpaired) electrons. The average molecular weight is 671 g/mol. The highest BCUT2D eigenvalue weighted by Gasteiger charge is 2.34. The molecule has 0 spiro atoms. The summed E-state index contributed by atoms with van der Waals surface area (Å²) < 4.78 is 82.1. The van der Waals surface area contributed by atoms with Gasteiger partial charge in [-0.05, 0) is 131 Å². The number of alkyl halides is 6. The predicted molar refractivity (Wildman–Crippen MR) is 170 cm³/mol. The zero-order chi connectivity index (χ0) is 32.6. The first-order chi connectivity index (χ1) is 21.1. The molecular formula is C35H41ClF6N2O2. The van der Waals surface area contributed by atoms with Crippen molar-refractivity contribution < 1.29 is 35.9 Å². The van der Waals surface area contributed by atoms with Gasteiger partial charge in [-0.25, -0.2) is 4.79 Å². The summed E-state index contributed by atoms with van der Waals surface area (Å²) in [6.45, 7) is 8.76. The third kappa shape index (κ3) is 8.88. The van der Waals surface area contributed by atoms with Crippen LogP contribution >= 0.6 is 12.4 Å². The van der Waals surface area contributed by atoms with E-state index in [9.17, 15) is 31.1 Å². The van der Waals surface area contributed by atoms with E-state index in [0.29, 0.717) is 36.9 Å². The van der Waals surface area contributed by atoms with Crippen LogP contribution in [0.1, 0.15) is 79.8 Å². The Morgan fingerprint density at radius 1 is 0.739 bits per heavy atom. The number of piperidine rings is 2. The minimum absolute atomic E-state index is 0. The number of carbonyl (C=O) groups excluding carboxylic acids is 1. The lowest BCUT2D eigenvalue weighted by atomic mass is 9.88. The molecule has 1 N–H and O–H groups in total. The van der Waals surface area contributed by atoms with E-state index >= 15 is 0 Å². The smallest absolute Gasteiger partial charge is 0.416 e. The first-order valence-electron chi connectivity index (χ1n) is 15.6. The Bertz CT molecular complexity index is 1460. The van der Waals surface area contributed by atoms with Gasteiger partial charge in [-0.2, -0.15) is 26.3 Å². The number of amides is 1. The van der Waals surface area contributed by atoms with Gasteiger partial charge in [0.1, 0.15) is 5.60 Å². The van der Waals surface area contributed by atoms with E-state index in [0.717, 1.165) is 68.0 Å². The summed E-state index contributed by atoms with van der Waals surface area (Å²) in [5, 5.41) is 3.31. The summed E-state index contributed by atoms with van der Waals surface area (Å²) in [7, 11) is 0. The van der Waals surface area contributed by atoms with Gasteiger partial charge in [0.05, 0.1) is 11.1 Å². The second-order valence-electron chi connectivity index (χ2n) is 13.4. The van der Waals surface area contributed by atoms with Gasteiger partial charge in [-0.3, -0.25) is 0 Å². The van der Waals surface area contributed by atoms with Crippen LogP contribution in [-0.2, 0) is 29.9 Å². The molecule has 46 heavy (non-hydrogen) atoms. The van der Waals surface area contributed by atoms with E-state index in [2.05, 4.69) is 5.32 Å². The van der Waals surface area contributed by atoms with Gasteiger partial charge in [-0.15, -0.1) is 12.4 Å². The normalized spacial score (nSPS) is 18.8. The summed E-state index contributed by atoms with van der Waals surface area (Å²) in [5.41, 5.74) is 4.21. The number of rotatable bonds is 2. The van der Waals surface area contributed by atoms with Crippen molar-refractivity contribution in [1.29, 1.82) is 0 Å². The Hall–Kier alpha value is -2.98. The van der Waals surface area contributed by atoms with Crippen molar-refractivity contribution in [3.63, 3.8) is 0 Å². The first-order valence-corrected chi connectivity index (χ1v) is 15.6. The molecule has 0 bridgehead atoms. The fraction of sp³-hybridized carbons (Fsp3) is 0.514. The SMILES string of the molecule is CC(C)(C)OC(=O)N1CCC(C2=Cc3cc(C(F)(F)F)ccc3C2)CC1.Cl.FC(F)(F)c1ccc2c(c1)C=C(C1CCNCC1)C2. The molecule has 2 aromatic rings. The zero-order valence-corrected chi connectivity index (χ0v) is 27.1. The molecule has 2 heterocycles. The molecular weight excluding hydrogens is 630 g/mol. The average Bonchev–Trinajstić information content (AvgIpc) is 3.60. The number of allylic oxidation sites excluding steroid dienone is 2. The molecule has 2 saturated heterocycles. The number of benzene rings is 2. The van der Waals surface area contributed by atoms with E-state index in [4.69, 9.17) is 4.74 Å². The maximum atomic E-state index is 12.9. The first kappa shape index (κ1) is 35.9. The lowest BCUT2D eigenvalue weighted by molar-refractivity contribution is -0.138. The van der Waals surface area contributed by atoms with E-state index in [1.165, 1.54) is 29.3 Å². The third-order valence-electron chi connectivity index (χ3n) is 8.95. The summed E-state index contributed by atoms with van der Waals surface area (Å²) in [5.74, 6) is 0.832. The highest BCUT2D eigenvalue weighted by atomic mass is 35.5. The van der Waals surface area contributed by atoms with Crippen LogP contribution < -0.4 is 5.32 Å². The second kappa shape index (κ2) is 14.0. The lowest BCUT2D eigenvalue weighted by Crippen LogP contribution is -2.42. The van der Waals surface area contributed by atoms with Crippen molar-refractivity contribution in [1.82, 2.24) is 10.2 Å². The molecule has 252 valence electrons. The number of hydrogen-bond donors (Lipinski definition) is 1. The number of hydrogen-bond acceptors (Lipinski definition) is 3. The summed E-state index contributed by atoms with van der Waals surface area (Å²) in [6, 6.07) is 8.07. The number of halogens is 7. The molecule has 2 fully saturated rings. The minimum atomic E-state index is -4.32. The molecule has 4 aliphatic rings. The Balaban J connectivity index is 0.000000213. The van der Waals surface area contributed by atoms with Crippen LogP contribution in [0.3, 0.4) is 0 Å². The molecule has 2 aromatic carbocycles. The highest BCUT2D eigenvalue weighted by molar-refractivity contribution is 5.85. The van der Waals surface area contributed by atoms with Crippen LogP contribution in [0.2, 0.25) is 0 Å². The molecule has 0 aromatic heterocycles. The van der Waals surface area contributed by atoms with E-state index < -0.39 is 29.1 Å². The Kier molecular flexibility index (Phi) is 10.9. The van der Waals surface area contributed by atoms with Crippen LogP contribution in [-0.4, -0.2) is 42.8 Å². The Morgan fingerprint density at radius 2 is 1.17 bits per heavy atom. The van der Waals surface area contributed by atoms with Gasteiger partial charge in [-0.1, -0.05) is 35.4 Å². The Morgan fingerprint density at radius 3 is 1.59 bits per heavy atom. The number of ether oxygens (including phenoxy) is 1. The van der Waals surface area contributed by atoms with Crippen LogP contribution in [0, 0.1) is 11.8 Å². The maximum absolute atomic E-state index is 12.9. The van der Waals surface area contributed by atoms with Crippen LogP contribution in [0.5, 0.6) is 0 Å².